The molecule has 1 amide bonds. The lowest BCUT2D eigenvalue weighted by Gasteiger charge is -2.30. The molecule has 0 radical (unpaired) electrons. The van der Waals surface area contributed by atoms with Crippen LogP contribution in [-0.2, 0) is 4.79 Å². The number of likely N-dealkylation sites (tertiary alicyclic amines) is 1. The molecule has 0 saturated carbocycles. The van der Waals surface area contributed by atoms with Crippen molar-refractivity contribution in [3.8, 4) is 5.75 Å². The molecule has 2 rings (SSSR count). The van der Waals surface area contributed by atoms with Crippen molar-refractivity contribution in [2.45, 2.75) is 25.3 Å². The van der Waals surface area contributed by atoms with Gasteiger partial charge in [-0.2, -0.15) is 0 Å². The van der Waals surface area contributed by atoms with Crippen LogP contribution in [0.2, 0.25) is 10.0 Å². The summed E-state index contributed by atoms with van der Waals surface area (Å²) in [5.41, 5.74) is 5.81. The molecular formula is C14H18Cl2N2O2. The van der Waals surface area contributed by atoms with Crippen LogP contribution in [0.4, 0.5) is 0 Å². The highest BCUT2D eigenvalue weighted by Gasteiger charge is 2.20. The molecule has 0 unspecified atom stereocenters. The SMILES string of the molecule is NC1CCN(C(=O)CCOc2ccc(Cl)cc2Cl)CC1. The zero-order valence-electron chi connectivity index (χ0n) is 11.1. The quantitative estimate of drug-likeness (QED) is 0.929. The molecule has 0 atom stereocenters. The Hall–Kier alpha value is -0.970. The molecular weight excluding hydrogens is 299 g/mol. The Kier molecular flexibility index (Phi) is 5.52. The largest absolute Gasteiger partial charge is 0.491 e. The number of piperidine rings is 1. The molecule has 1 aromatic rings. The maximum atomic E-state index is 12.0. The van der Waals surface area contributed by atoms with E-state index in [1.165, 1.54) is 0 Å². The molecule has 0 aromatic heterocycles. The summed E-state index contributed by atoms with van der Waals surface area (Å²) in [7, 11) is 0. The molecule has 1 heterocycles. The Bertz CT molecular complexity index is 474. The normalized spacial score (nSPS) is 16.2. The van der Waals surface area contributed by atoms with Crippen molar-refractivity contribution in [3.63, 3.8) is 0 Å². The third kappa shape index (κ3) is 4.27. The van der Waals surface area contributed by atoms with Crippen molar-refractivity contribution in [1.29, 1.82) is 0 Å². The second kappa shape index (κ2) is 7.16. The second-order valence-electron chi connectivity index (χ2n) is 4.89. The Morgan fingerprint density at radius 1 is 1.35 bits per heavy atom. The van der Waals surface area contributed by atoms with E-state index in [0.29, 0.717) is 28.8 Å². The zero-order valence-corrected chi connectivity index (χ0v) is 12.7. The van der Waals surface area contributed by atoms with Crippen molar-refractivity contribution < 1.29 is 9.53 Å². The van der Waals surface area contributed by atoms with Gasteiger partial charge in [-0.3, -0.25) is 4.79 Å². The summed E-state index contributed by atoms with van der Waals surface area (Å²) in [5.74, 6) is 0.645. The summed E-state index contributed by atoms with van der Waals surface area (Å²) < 4.78 is 5.51. The average molecular weight is 317 g/mol. The smallest absolute Gasteiger partial charge is 0.225 e. The maximum absolute atomic E-state index is 12.0. The number of hydrogen-bond donors (Lipinski definition) is 1. The van der Waals surface area contributed by atoms with Gasteiger partial charge in [0, 0.05) is 24.2 Å². The first-order valence-corrected chi connectivity index (χ1v) is 7.43. The van der Waals surface area contributed by atoms with Crippen molar-refractivity contribution in [3.05, 3.63) is 28.2 Å². The van der Waals surface area contributed by atoms with Gasteiger partial charge in [0.25, 0.3) is 0 Å². The lowest BCUT2D eigenvalue weighted by Crippen LogP contribution is -2.43. The van der Waals surface area contributed by atoms with E-state index in [4.69, 9.17) is 33.7 Å². The summed E-state index contributed by atoms with van der Waals surface area (Å²) in [6.45, 7) is 1.78. The highest BCUT2D eigenvalue weighted by atomic mass is 35.5. The first kappa shape index (κ1) is 15.4. The van der Waals surface area contributed by atoms with Gasteiger partial charge in [-0.1, -0.05) is 23.2 Å². The van der Waals surface area contributed by atoms with Gasteiger partial charge in [0.1, 0.15) is 5.75 Å². The van der Waals surface area contributed by atoms with E-state index in [1.807, 2.05) is 4.90 Å². The van der Waals surface area contributed by atoms with Crippen molar-refractivity contribution >= 4 is 29.1 Å². The summed E-state index contributed by atoms with van der Waals surface area (Å²) >= 11 is 11.8. The van der Waals surface area contributed by atoms with Gasteiger partial charge in [0.15, 0.2) is 0 Å². The Morgan fingerprint density at radius 3 is 2.70 bits per heavy atom. The Labute approximate surface area is 128 Å². The fourth-order valence-electron chi connectivity index (χ4n) is 2.15. The second-order valence-corrected chi connectivity index (χ2v) is 5.74. The van der Waals surface area contributed by atoms with Gasteiger partial charge in [-0.15, -0.1) is 0 Å². The van der Waals surface area contributed by atoms with Crippen LogP contribution in [0, 0.1) is 0 Å². The minimum absolute atomic E-state index is 0.0991. The molecule has 1 saturated heterocycles. The van der Waals surface area contributed by atoms with Crippen LogP contribution in [0.5, 0.6) is 5.75 Å². The molecule has 1 aromatic carbocycles. The molecule has 1 aliphatic heterocycles. The molecule has 0 bridgehead atoms. The van der Waals surface area contributed by atoms with E-state index in [9.17, 15) is 4.79 Å². The molecule has 4 nitrogen and oxygen atoms in total. The predicted molar refractivity (Wildman–Crippen MR) is 80.4 cm³/mol. The summed E-state index contributed by atoms with van der Waals surface area (Å²) in [6, 6.07) is 5.25. The van der Waals surface area contributed by atoms with Gasteiger partial charge >= 0.3 is 0 Å². The number of halogens is 2. The number of nitrogens with two attached hydrogens (primary N) is 1. The van der Waals surface area contributed by atoms with Crippen molar-refractivity contribution in [1.82, 2.24) is 4.90 Å². The molecule has 0 aliphatic carbocycles. The van der Waals surface area contributed by atoms with Crippen LogP contribution in [0.25, 0.3) is 0 Å². The number of carbonyl (C=O) groups excluding carboxylic acids is 1. The van der Waals surface area contributed by atoms with E-state index in [0.717, 1.165) is 25.9 Å². The van der Waals surface area contributed by atoms with E-state index >= 15 is 0 Å². The van der Waals surface area contributed by atoms with Crippen LogP contribution < -0.4 is 10.5 Å². The van der Waals surface area contributed by atoms with Gasteiger partial charge in [0.2, 0.25) is 5.91 Å². The lowest BCUT2D eigenvalue weighted by atomic mass is 10.1. The van der Waals surface area contributed by atoms with E-state index < -0.39 is 0 Å². The van der Waals surface area contributed by atoms with Gasteiger partial charge < -0.3 is 15.4 Å². The molecule has 1 aliphatic rings. The van der Waals surface area contributed by atoms with Crippen LogP contribution in [-0.4, -0.2) is 36.5 Å². The third-order valence-electron chi connectivity index (χ3n) is 3.36. The Balaban J connectivity index is 1.76. The number of rotatable bonds is 4. The van der Waals surface area contributed by atoms with Crippen LogP contribution >= 0.6 is 23.2 Å². The minimum Gasteiger partial charge on any atom is -0.491 e. The Morgan fingerprint density at radius 2 is 2.05 bits per heavy atom. The molecule has 20 heavy (non-hydrogen) atoms. The molecule has 6 heteroatoms. The topological polar surface area (TPSA) is 55.6 Å². The van der Waals surface area contributed by atoms with E-state index in [-0.39, 0.29) is 11.9 Å². The van der Waals surface area contributed by atoms with Crippen LogP contribution in [0.3, 0.4) is 0 Å². The number of ether oxygens (including phenoxy) is 1. The highest BCUT2D eigenvalue weighted by molar-refractivity contribution is 6.35. The van der Waals surface area contributed by atoms with Gasteiger partial charge in [0.05, 0.1) is 18.1 Å². The maximum Gasteiger partial charge on any atom is 0.225 e. The van der Waals surface area contributed by atoms with Gasteiger partial charge in [-0.25, -0.2) is 0 Å². The summed E-state index contributed by atoms with van der Waals surface area (Å²) in [5, 5.41) is 1.01. The third-order valence-corrected chi connectivity index (χ3v) is 3.89. The molecule has 1 fully saturated rings. The standard InChI is InChI=1S/C14H18Cl2N2O2/c15-10-1-2-13(12(16)9-10)20-8-5-14(19)18-6-3-11(17)4-7-18/h1-2,9,11H,3-8,17H2. The fraction of sp³-hybridized carbons (Fsp3) is 0.500. The predicted octanol–water partition coefficient (Wildman–Crippen LogP) is 2.71. The first-order chi connectivity index (χ1) is 9.56. The summed E-state index contributed by atoms with van der Waals surface area (Å²) in [4.78, 5) is 13.8. The average Bonchev–Trinajstić information content (AvgIpc) is 2.42. The molecule has 0 spiro atoms. The number of nitrogens with zero attached hydrogens (tertiary/aromatic N) is 1. The number of benzene rings is 1. The number of amides is 1. The van der Waals surface area contributed by atoms with Gasteiger partial charge in [-0.05, 0) is 31.0 Å². The van der Waals surface area contributed by atoms with Crippen molar-refractivity contribution in [2.75, 3.05) is 19.7 Å². The van der Waals surface area contributed by atoms with E-state index in [1.54, 1.807) is 18.2 Å². The minimum atomic E-state index is 0.0991. The van der Waals surface area contributed by atoms with Crippen LogP contribution in [0.15, 0.2) is 18.2 Å². The number of carbonyl (C=O) groups is 1. The number of hydrogen-bond acceptors (Lipinski definition) is 3. The van der Waals surface area contributed by atoms with Crippen molar-refractivity contribution in [2.24, 2.45) is 5.73 Å². The first-order valence-electron chi connectivity index (χ1n) is 6.67. The molecule has 110 valence electrons. The molecule has 2 N–H and O–H groups in total. The monoisotopic (exact) mass is 316 g/mol. The zero-order chi connectivity index (χ0) is 14.5. The fourth-order valence-corrected chi connectivity index (χ4v) is 2.61. The lowest BCUT2D eigenvalue weighted by molar-refractivity contribution is -0.132. The van der Waals surface area contributed by atoms with E-state index in [2.05, 4.69) is 0 Å². The van der Waals surface area contributed by atoms with Crippen LogP contribution in [0.1, 0.15) is 19.3 Å². The summed E-state index contributed by atoms with van der Waals surface area (Å²) in [6.07, 6.45) is 2.08. The highest BCUT2D eigenvalue weighted by Crippen LogP contribution is 2.27.